The van der Waals surface area contributed by atoms with E-state index in [2.05, 4.69) is 4.18 Å². The highest BCUT2D eigenvalue weighted by molar-refractivity contribution is 7.80. The van der Waals surface area contributed by atoms with Crippen molar-refractivity contribution in [2.75, 3.05) is 0 Å². The number of hydrogen-bond acceptors (Lipinski definition) is 10. The number of rotatable bonds is 5. The molecule has 2 aliphatic heterocycles. The fraction of sp³-hybridized carbons (Fsp3) is 0.769. The second kappa shape index (κ2) is 7.74. The monoisotopic (exact) mass is 400 g/mol. The van der Waals surface area contributed by atoms with Crippen LogP contribution in [0.25, 0.3) is 0 Å². The Morgan fingerprint density at radius 2 is 1.81 bits per heavy atom. The van der Waals surface area contributed by atoms with E-state index in [1.54, 1.807) is 0 Å². The molecule has 1 saturated heterocycles. The summed E-state index contributed by atoms with van der Waals surface area (Å²) in [7, 11) is -4.93. The lowest BCUT2D eigenvalue weighted by Crippen LogP contribution is -2.58. The van der Waals surface area contributed by atoms with Gasteiger partial charge >= 0.3 is 16.4 Å². The molecule has 4 unspecified atom stereocenters. The molecule has 0 amide bonds. The number of carboxylic acid groups (broad SMARTS) is 1. The molecule has 0 radical (unpaired) electrons. The van der Waals surface area contributed by atoms with Crippen molar-refractivity contribution in [2.45, 2.75) is 56.9 Å². The molecule has 13 heteroatoms. The second-order valence-corrected chi connectivity index (χ2v) is 7.03. The number of ether oxygens (including phenoxy) is 3. The number of aliphatic carboxylic acids is 1. The first-order valence-corrected chi connectivity index (χ1v) is 8.90. The first-order valence-electron chi connectivity index (χ1n) is 7.53. The lowest BCUT2D eigenvalue weighted by atomic mass is 9.92. The van der Waals surface area contributed by atoms with Gasteiger partial charge in [0.05, 0.1) is 6.10 Å². The van der Waals surface area contributed by atoms with Gasteiger partial charge < -0.3 is 34.6 Å². The number of carboxylic acids is 1. The fourth-order valence-corrected chi connectivity index (χ4v) is 3.22. The molecule has 0 aromatic carbocycles. The molecule has 2 rings (SSSR count). The molecule has 2 heterocycles. The van der Waals surface area contributed by atoms with Crippen molar-refractivity contribution < 1.29 is 56.6 Å². The molecule has 0 saturated carbocycles. The molecule has 1 fully saturated rings. The van der Waals surface area contributed by atoms with Crippen LogP contribution in [0.4, 0.5) is 0 Å². The zero-order chi connectivity index (χ0) is 19.8. The Balaban J connectivity index is 2.25. The average Bonchev–Trinajstić information content (AvgIpc) is 2.50. The largest absolute Gasteiger partial charge is 0.475 e. The first kappa shape index (κ1) is 21.0. The van der Waals surface area contributed by atoms with Crippen LogP contribution in [0.2, 0.25) is 0 Å². The highest BCUT2D eigenvalue weighted by atomic mass is 32.3. The van der Waals surface area contributed by atoms with Crippen molar-refractivity contribution in [3.63, 3.8) is 0 Å². The Bertz CT molecular complexity index is 660. The van der Waals surface area contributed by atoms with Crippen LogP contribution >= 0.6 is 0 Å². The third kappa shape index (κ3) is 4.69. The van der Waals surface area contributed by atoms with Gasteiger partial charge in [-0.25, -0.2) is 8.98 Å². The molecule has 12 nitrogen and oxygen atoms in total. The molecule has 0 aromatic heterocycles. The molecule has 0 aromatic rings. The minimum absolute atomic E-state index is 0.683. The molecule has 0 aliphatic carbocycles. The normalized spacial score (nSPS) is 41.2. The molecular formula is C13H20O12S. The third-order valence-corrected chi connectivity index (χ3v) is 4.50. The lowest BCUT2D eigenvalue weighted by molar-refractivity contribution is -0.304. The third-order valence-electron chi connectivity index (χ3n) is 4.04. The van der Waals surface area contributed by atoms with E-state index in [4.69, 9.17) is 23.9 Å². The van der Waals surface area contributed by atoms with Crippen LogP contribution in [-0.2, 0) is 33.6 Å². The summed E-state index contributed by atoms with van der Waals surface area (Å²) >= 11 is 0. The summed E-state index contributed by atoms with van der Waals surface area (Å²) in [6, 6.07) is 0. The van der Waals surface area contributed by atoms with E-state index in [9.17, 15) is 28.5 Å². The van der Waals surface area contributed by atoms with Gasteiger partial charge in [-0.1, -0.05) is 6.92 Å². The molecule has 0 bridgehead atoms. The summed E-state index contributed by atoms with van der Waals surface area (Å²) in [5.41, 5.74) is 0. The van der Waals surface area contributed by atoms with Crippen molar-refractivity contribution in [3.8, 4) is 0 Å². The van der Waals surface area contributed by atoms with Crippen molar-refractivity contribution >= 4 is 16.4 Å². The van der Waals surface area contributed by atoms with E-state index in [0.717, 1.165) is 6.08 Å². The van der Waals surface area contributed by atoms with Gasteiger partial charge in [0, 0.05) is 5.92 Å². The van der Waals surface area contributed by atoms with Crippen molar-refractivity contribution in [3.05, 3.63) is 11.8 Å². The Kier molecular flexibility index (Phi) is 6.24. The summed E-state index contributed by atoms with van der Waals surface area (Å²) in [6.07, 6.45) is -9.44. The summed E-state index contributed by atoms with van der Waals surface area (Å²) < 4.78 is 51.3. The van der Waals surface area contributed by atoms with Gasteiger partial charge in [0.15, 0.2) is 6.29 Å². The van der Waals surface area contributed by atoms with Crippen molar-refractivity contribution in [1.82, 2.24) is 0 Å². The Hall–Kier alpha value is -1.32. The smallest absolute Gasteiger partial charge is 0.397 e. The molecule has 8 atom stereocenters. The van der Waals surface area contributed by atoms with Crippen LogP contribution in [0.5, 0.6) is 0 Å². The van der Waals surface area contributed by atoms with E-state index >= 15 is 0 Å². The van der Waals surface area contributed by atoms with Gasteiger partial charge in [0.1, 0.15) is 24.4 Å². The molecular weight excluding hydrogens is 380 g/mol. The number of carbonyl (C=O) groups is 1. The van der Waals surface area contributed by atoms with Gasteiger partial charge in [0.2, 0.25) is 12.0 Å². The summed E-state index contributed by atoms with van der Waals surface area (Å²) in [5.74, 6) is -3.19. The molecule has 26 heavy (non-hydrogen) atoms. The highest BCUT2D eigenvalue weighted by Crippen LogP contribution is 2.32. The highest BCUT2D eigenvalue weighted by Gasteiger charge is 2.48. The number of aliphatic hydroxyl groups is 3. The predicted octanol–water partition coefficient (Wildman–Crippen LogP) is -2.02. The molecule has 0 spiro atoms. The maximum atomic E-state index is 11.1. The van der Waals surface area contributed by atoms with Crippen LogP contribution in [0.1, 0.15) is 13.8 Å². The zero-order valence-corrected chi connectivity index (χ0v) is 14.5. The van der Waals surface area contributed by atoms with Crippen LogP contribution in [-0.4, -0.2) is 82.5 Å². The average molecular weight is 400 g/mol. The SMILES string of the molecule is CC1OC(O)[C@@H](C)C(OS(=O)(=O)O)[C@@H]1O[C@@H]1OC(C(=O)O)=CC(O)[C@@H]1O. The quantitative estimate of drug-likeness (QED) is 0.319. The molecule has 5 N–H and O–H groups in total. The van der Waals surface area contributed by atoms with Gasteiger partial charge in [-0.05, 0) is 13.0 Å². The van der Waals surface area contributed by atoms with Gasteiger partial charge in [0.25, 0.3) is 0 Å². The number of hydrogen-bond donors (Lipinski definition) is 5. The van der Waals surface area contributed by atoms with Gasteiger partial charge in [-0.3, -0.25) is 4.55 Å². The fourth-order valence-electron chi connectivity index (χ4n) is 2.65. The Labute approximate surface area is 148 Å². The zero-order valence-electron chi connectivity index (χ0n) is 13.7. The summed E-state index contributed by atoms with van der Waals surface area (Å²) in [6.45, 7) is 2.75. The van der Waals surface area contributed by atoms with E-state index in [1.807, 2.05) is 0 Å². The van der Waals surface area contributed by atoms with E-state index in [0.29, 0.717) is 0 Å². The standard InChI is InChI=1S/C13H20O12S/c1-4-9(25-26(19,20)21)10(5(2)22-12(4)18)24-13-8(15)6(14)3-7(23-13)11(16)17/h3-6,8-10,12-15,18H,1-2H3,(H,16,17)(H,19,20,21)/t4-,5?,6?,8-,9?,10+,12?,13-/m0/s1. The summed E-state index contributed by atoms with van der Waals surface area (Å²) in [5, 5.41) is 38.4. The topological polar surface area (TPSA) is 189 Å². The van der Waals surface area contributed by atoms with Gasteiger partial charge in [-0.2, -0.15) is 8.42 Å². The summed E-state index contributed by atoms with van der Waals surface area (Å²) in [4.78, 5) is 11.0. The lowest BCUT2D eigenvalue weighted by Gasteiger charge is -2.43. The van der Waals surface area contributed by atoms with E-state index in [1.165, 1.54) is 13.8 Å². The van der Waals surface area contributed by atoms with E-state index < -0.39 is 71.1 Å². The van der Waals surface area contributed by atoms with Crippen LogP contribution in [0.3, 0.4) is 0 Å². The maximum absolute atomic E-state index is 11.1. The Morgan fingerprint density at radius 1 is 1.19 bits per heavy atom. The van der Waals surface area contributed by atoms with Crippen LogP contribution in [0, 0.1) is 5.92 Å². The maximum Gasteiger partial charge on any atom is 0.397 e. The van der Waals surface area contributed by atoms with Crippen LogP contribution < -0.4 is 0 Å². The molecule has 2 aliphatic rings. The minimum atomic E-state index is -4.93. The Morgan fingerprint density at radius 3 is 2.35 bits per heavy atom. The van der Waals surface area contributed by atoms with Crippen molar-refractivity contribution in [2.24, 2.45) is 5.92 Å². The minimum Gasteiger partial charge on any atom is -0.475 e. The van der Waals surface area contributed by atoms with Crippen molar-refractivity contribution in [1.29, 1.82) is 0 Å². The van der Waals surface area contributed by atoms with Crippen LogP contribution in [0.15, 0.2) is 11.8 Å². The van der Waals surface area contributed by atoms with E-state index in [-0.39, 0.29) is 0 Å². The first-order chi connectivity index (χ1) is 11.9. The molecule has 150 valence electrons. The second-order valence-electron chi connectivity index (χ2n) is 5.98. The van der Waals surface area contributed by atoms with Gasteiger partial charge in [-0.15, -0.1) is 0 Å². The number of aliphatic hydroxyl groups excluding tert-OH is 3. The predicted molar refractivity (Wildman–Crippen MR) is 79.6 cm³/mol.